The minimum absolute atomic E-state index is 0.612. The minimum Gasteiger partial charge on any atom is -0.450 e. The number of hydrogen-bond acceptors (Lipinski definition) is 1. The molecule has 0 aliphatic carbocycles. The molecule has 54 valence electrons. The van der Waals surface area contributed by atoms with Gasteiger partial charge in [-0.15, -0.1) is 0 Å². The zero-order valence-corrected chi connectivity index (χ0v) is 6.72. The van der Waals surface area contributed by atoms with Crippen LogP contribution >= 0.6 is 0 Å². The first-order valence-electron chi connectivity index (χ1n) is 3.24. The van der Waals surface area contributed by atoms with Crippen molar-refractivity contribution in [2.75, 3.05) is 20.7 Å². The first kappa shape index (κ1) is 8.47. The van der Waals surface area contributed by atoms with E-state index in [1.807, 2.05) is 18.7 Å². The molecule has 9 heavy (non-hydrogen) atoms. The summed E-state index contributed by atoms with van der Waals surface area (Å²) in [5, 5.41) is 0. The molecule has 0 fully saturated rings. The molecular weight excluding hydrogens is 114 g/mol. The number of nitrogens with zero attached hydrogens (tertiary/aromatic N) is 1. The Morgan fingerprint density at radius 2 is 2.00 bits per heavy atom. The maximum atomic E-state index is 5.16. The Hall–Kier alpha value is -0.530. The highest BCUT2D eigenvalue weighted by Crippen LogP contribution is 1.89. The third-order valence-electron chi connectivity index (χ3n) is 0.715. The van der Waals surface area contributed by atoms with Gasteiger partial charge >= 0.3 is 6.40 Å². The van der Waals surface area contributed by atoms with Crippen LogP contribution in [0.15, 0.2) is 0 Å². The Balaban J connectivity index is 3.20. The standard InChI is InChI=1S/C7H16NO/c1-7(2)5-9-6-8(3)4/h6-7H,5H2,1-4H3/q+1. The van der Waals surface area contributed by atoms with Gasteiger partial charge in [0, 0.05) is 0 Å². The van der Waals surface area contributed by atoms with Gasteiger partial charge in [-0.1, -0.05) is 13.8 Å². The topological polar surface area (TPSA) is 12.2 Å². The highest BCUT2D eigenvalue weighted by molar-refractivity contribution is 5.38. The summed E-state index contributed by atoms with van der Waals surface area (Å²) in [5.41, 5.74) is 0. The molecule has 2 nitrogen and oxygen atoms in total. The van der Waals surface area contributed by atoms with Gasteiger partial charge < -0.3 is 4.74 Å². The van der Waals surface area contributed by atoms with E-state index >= 15 is 0 Å². The molecule has 0 aromatic heterocycles. The molecule has 0 radical (unpaired) electrons. The largest absolute Gasteiger partial charge is 0.450 e. The van der Waals surface area contributed by atoms with E-state index < -0.39 is 0 Å². The van der Waals surface area contributed by atoms with E-state index in [4.69, 9.17) is 4.74 Å². The van der Waals surface area contributed by atoms with Gasteiger partial charge in [-0.05, 0) is 5.92 Å². The Morgan fingerprint density at radius 1 is 1.44 bits per heavy atom. The summed E-state index contributed by atoms with van der Waals surface area (Å²) in [7, 11) is 3.89. The Bertz CT molecular complexity index is 93.1. The fraction of sp³-hybridized carbons (Fsp3) is 0.857. The third kappa shape index (κ3) is 7.47. The first-order chi connectivity index (χ1) is 4.13. The summed E-state index contributed by atoms with van der Waals surface area (Å²) in [6, 6.07) is 0. The summed E-state index contributed by atoms with van der Waals surface area (Å²) in [4.78, 5) is 0. The van der Waals surface area contributed by atoms with Gasteiger partial charge in [0.05, 0.1) is 6.61 Å². The normalized spacial score (nSPS) is 9.44. The van der Waals surface area contributed by atoms with Gasteiger partial charge in [-0.2, -0.15) is 0 Å². The maximum absolute atomic E-state index is 5.16. The second kappa shape index (κ2) is 4.36. The van der Waals surface area contributed by atoms with Crippen LogP contribution in [0.25, 0.3) is 0 Å². The highest BCUT2D eigenvalue weighted by Gasteiger charge is 1.91. The smallest absolute Gasteiger partial charge is 0.323 e. The monoisotopic (exact) mass is 130 g/mol. The van der Waals surface area contributed by atoms with Crippen LogP contribution in [0.1, 0.15) is 13.8 Å². The van der Waals surface area contributed by atoms with E-state index in [-0.39, 0.29) is 0 Å². The van der Waals surface area contributed by atoms with Crippen LogP contribution < -0.4 is 0 Å². The lowest BCUT2D eigenvalue weighted by atomic mass is 10.2. The molecule has 0 spiro atoms. The van der Waals surface area contributed by atoms with Crippen LogP contribution in [0.4, 0.5) is 0 Å². The average molecular weight is 130 g/mol. The van der Waals surface area contributed by atoms with Crippen LogP contribution in [0.2, 0.25) is 0 Å². The van der Waals surface area contributed by atoms with Crippen molar-refractivity contribution in [1.82, 2.24) is 0 Å². The SMILES string of the molecule is CC(C)COC=[N+](C)C. The zero-order valence-electron chi connectivity index (χ0n) is 6.72. The maximum Gasteiger partial charge on any atom is 0.323 e. The summed E-state index contributed by atoms with van der Waals surface area (Å²) in [6.45, 7) is 5.06. The van der Waals surface area contributed by atoms with Gasteiger partial charge in [-0.3, -0.25) is 0 Å². The van der Waals surface area contributed by atoms with Gasteiger partial charge in [0.1, 0.15) is 14.1 Å². The molecule has 0 saturated heterocycles. The Kier molecular flexibility index (Phi) is 4.10. The Morgan fingerprint density at radius 3 is 2.33 bits per heavy atom. The van der Waals surface area contributed by atoms with E-state index in [2.05, 4.69) is 13.8 Å². The van der Waals surface area contributed by atoms with Crippen LogP contribution in [0.3, 0.4) is 0 Å². The van der Waals surface area contributed by atoms with Gasteiger partial charge in [0.2, 0.25) is 0 Å². The van der Waals surface area contributed by atoms with Crippen molar-refractivity contribution in [3.8, 4) is 0 Å². The van der Waals surface area contributed by atoms with Crippen molar-refractivity contribution in [3.05, 3.63) is 0 Å². The molecular formula is C7H16NO+. The molecule has 0 bridgehead atoms. The molecule has 0 aliphatic rings. The van der Waals surface area contributed by atoms with Gasteiger partial charge in [0.25, 0.3) is 0 Å². The van der Waals surface area contributed by atoms with E-state index in [0.29, 0.717) is 5.92 Å². The van der Waals surface area contributed by atoms with Gasteiger partial charge in [0.15, 0.2) is 0 Å². The second-order valence-corrected chi connectivity index (χ2v) is 2.80. The zero-order chi connectivity index (χ0) is 7.28. The number of ether oxygens (including phenoxy) is 1. The summed E-state index contributed by atoms with van der Waals surface area (Å²) < 4.78 is 7.05. The highest BCUT2D eigenvalue weighted by atomic mass is 16.5. The molecule has 0 saturated carbocycles. The molecule has 0 heterocycles. The van der Waals surface area contributed by atoms with Crippen LogP contribution in [-0.4, -0.2) is 31.7 Å². The quantitative estimate of drug-likeness (QED) is 0.315. The number of rotatable bonds is 3. The lowest BCUT2D eigenvalue weighted by Gasteiger charge is -1.99. The molecule has 0 atom stereocenters. The third-order valence-corrected chi connectivity index (χ3v) is 0.715. The lowest BCUT2D eigenvalue weighted by molar-refractivity contribution is -0.468. The molecule has 0 rings (SSSR count). The van der Waals surface area contributed by atoms with E-state index in [9.17, 15) is 0 Å². The predicted octanol–water partition coefficient (Wildman–Crippen LogP) is 0.959. The van der Waals surface area contributed by atoms with Crippen molar-refractivity contribution in [2.45, 2.75) is 13.8 Å². The summed E-state index contributed by atoms with van der Waals surface area (Å²) in [6.07, 6.45) is 1.72. The molecule has 0 aliphatic heterocycles. The predicted molar refractivity (Wildman–Crippen MR) is 39.0 cm³/mol. The van der Waals surface area contributed by atoms with Crippen molar-refractivity contribution >= 4 is 6.40 Å². The summed E-state index contributed by atoms with van der Waals surface area (Å²) >= 11 is 0. The van der Waals surface area contributed by atoms with E-state index in [0.717, 1.165) is 6.61 Å². The lowest BCUT2D eigenvalue weighted by Crippen LogP contribution is -2.06. The van der Waals surface area contributed by atoms with Crippen molar-refractivity contribution in [3.63, 3.8) is 0 Å². The Labute approximate surface area is 57.1 Å². The molecule has 2 heteroatoms. The van der Waals surface area contributed by atoms with Crippen LogP contribution in [0.5, 0.6) is 0 Å². The number of hydrogen-bond donors (Lipinski definition) is 0. The van der Waals surface area contributed by atoms with E-state index in [1.165, 1.54) is 0 Å². The average Bonchev–Trinajstić information content (AvgIpc) is 1.63. The minimum atomic E-state index is 0.612. The van der Waals surface area contributed by atoms with Crippen LogP contribution in [-0.2, 0) is 4.74 Å². The molecule has 0 N–H and O–H groups in total. The second-order valence-electron chi connectivity index (χ2n) is 2.80. The first-order valence-corrected chi connectivity index (χ1v) is 3.24. The fourth-order valence-corrected chi connectivity index (χ4v) is 0.385. The van der Waals surface area contributed by atoms with Gasteiger partial charge in [-0.25, -0.2) is 4.58 Å². The van der Waals surface area contributed by atoms with E-state index in [1.54, 1.807) is 6.40 Å². The molecule has 0 aromatic carbocycles. The van der Waals surface area contributed by atoms with Crippen LogP contribution in [0, 0.1) is 5.92 Å². The molecule has 0 unspecified atom stereocenters. The van der Waals surface area contributed by atoms with Crippen molar-refractivity contribution < 1.29 is 9.31 Å². The molecule has 0 amide bonds. The molecule has 0 aromatic rings. The van der Waals surface area contributed by atoms with Crippen molar-refractivity contribution in [1.29, 1.82) is 0 Å². The fourth-order valence-electron chi connectivity index (χ4n) is 0.385. The summed E-state index contributed by atoms with van der Waals surface area (Å²) in [5.74, 6) is 0.612. The van der Waals surface area contributed by atoms with Crippen molar-refractivity contribution in [2.24, 2.45) is 5.92 Å².